The lowest BCUT2D eigenvalue weighted by molar-refractivity contribution is 0.280. The number of hydrogen-bond acceptors (Lipinski definition) is 2. The van der Waals surface area contributed by atoms with Gasteiger partial charge in [-0.2, -0.15) is 0 Å². The molecule has 2 atom stereocenters. The summed E-state index contributed by atoms with van der Waals surface area (Å²) in [6.45, 7) is 4.49. The Kier molecular flexibility index (Phi) is 2.98. The molecule has 1 heterocycles. The van der Waals surface area contributed by atoms with Crippen LogP contribution in [0.3, 0.4) is 0 Å². The molecule has 2 rings (SSSR count). The maximum atomic E-state index is 9.11. The Balaban J connectivity index is 2.41. The van der Waals surface area contributed by atoms with E-state index < -0.39 is 0 Å². The second-order valence-corrected chi connectivity index (χ2v) is 4.92. The van der Waals surface area contributed by atoms with Gasteiger partial charge in [0.05, 0.1) is 6.61 Å². The van der Waals surface area contributed by atoms with E-state index in [1.807, 2.05) is 6.07 Å². The minimum Gasteiger partial charge on any atom is -0.392 e. The lowest BCUT2D eigenvalue weighted by Gasteiger charge is -2.27. The van der Waals surface area contributed by atoms with Crippen molar-refractivity contribution < 1.29 is 5.11 Å². The van der Waals surface area contributed by atoms with Crippen LogP contribution in [0.5, 0.6) is 0 Å². The summed E-state index contributed by atoms with van der Waals surface area (Å²) >= 11 is 5.97. The van der Waals surface area contributed by atoms with E-state index in [0.29, 0.717) is 17.0 Å². The number of rotatable bonds is 1. The molecule has 3 heteroatoms. The highest BCUT2D eigenvalue weighted by molar-refractivity contribution is 6.30. The third-order valence-corrected chi connectivity index (χ3v) is 3.74. The highest BCUT2D eigenvalue weighted by Gasteiger charge is 2.23. The summed E-state index contributed by atoms with van der Waals surface area (Å²) in [6.07, 6.45) is 2.05. The van der Waals surface area contributed by atoms with Crippen LogP contribution in [0.15, 0.2) is 6.07 Å². The zero-order valence-corrected chi connectivity index (χ0v) is 9.88. The number of halogens is 1. The van der Waals surface area contributed by atoms with Gasteiger partial charge in [0.15, 0.2) is 0 Å². The van der Waals surface area contributed by atoms with Crippen molar-refractivity contribution in [2.75, 3.05) is 0 Å². The molecule has 2 nitrogen and oxygen atoms in total. The van der Waals surface area contributed by atoms with Crippen LogP contribution in [0, 0.1) is 11.8 Å². The monoisotopic (exact) mass is 225 g/mol. The molecule has 1 N–H and O–H groups in total. The summed E-state index contributed by atoms with van der Waals surface area (Å²) in [5.74, 6) is 1.35. The van der Waals surface area contributed by atoms with E-state index in [4.69, 9.17) is 16.7 Å². The average molecular weight is 226 g/mol. The van der Waals surface area contributed by atoms with Gasteiger partial charge in [0.2, 0.25) is 0 Å². The Labute approximate surface area is 95.3 Å². The van der Waals surface area contributed by atoms with E-state index in [1.54, 1.807) is 0 Å². The Morgan fingerprint density at radius 3 is 2.73 bits per heavy atom. The summed E-state index contributed by atoms with van der Waals surface area (Å²) in [5, 5.41) is 9.57. The van der Waals surface area contributed by atoms with Gasteiger partial charge in [0.25, 0.3) is 0 Å². The van der Waals surface area contributed by atoms with Gasteiger partial charge in [-0.1, -0.05) is 25.4 Å². The first-order valence-corrected chi connectivity index (χ1v) is 5.77. The number of nitrogens with zero attached hydrogens (tertiary/aromatic N) is 1. The molecule has 0 fully saturated rings. The van der Waals surface area contributed by atoms with Crippen molar-refractivity contribution in [3.05, 3.63) is 28.0 Å². The topological polar surface area (TPSA) is 33.1 Å². The van der Waals surface area contributed by atoms with E-state index in [2.05, 4.69) is 18.8 Å². The van der Waals surface area contributed by atoms with Crippen molar-refractivity contribution in [2.45, 2.75) is 33.3 Å². The predicted octanol–water partition coefficient (Wildman–Crippen LogP) is 2.60. The molecule has 1 aliphatic rings. The van der Waals surface area contributed by atoms with Gasteiger partial charge in [0.1, 0.15) is 5.15 Å². The second-order valence-electron chi connectivity index (χ2n) is 4.57. The summed E-state index contributed by atoms with van der Waals surface area (Å²) in [5.41, 5.74) is 3.12. The van der Waals surface area contributed by atoms with Gasteiger partial charge in [-0.15, -0.1) is 0 Å². The third kappa shape index (κ3) is 2.01. The molecule has 0 aliphatic heterocycles. The van der Waals surface area contributed by atoms with Crippen molar-refractivity contribution in [1.82, 2.24) is 4.98 Å². The molecular formula is C12H16ClNO. The maximum absolute atomic E-state index is 9.11. The van der Waals surface area contributed by atoms with E-state index in [0.717, 1.165) is 24.1 Å². The average Bonchev–Trinajstić information content (AvgIpc) is 2.20. The van der Waals surface area contributed by atoms with E-state index in [1.165, 1.54) is 5.56 Å². The van der Waals surface area contributed by atoms with Crippen LogP contribution in [-0.2, 0) is 19.4 Å². The smallest absolute Gasteiger partial charge is 0.134 e. The molecule has 0 saturated heterocycles. The zero-order valence-electron chi connectivity index (χ0n) is 9.13. The van der Waals surface area contributed by atoms with Gasteiger partial charge in [0, 0.05) is 11.3 Å². The fourth-order valence-corrected chi connectivity index (χ4v) is 2.35. The predicted molar refractivity (Wildman–Crippen MR) is 60.9 cm³/mol. The number of aliphatic hydroxyl groups is 1. The quantitative estimate of drug-likeness (QED) is 0.746. The fraction of sp³-hybridized carbons (Fsp3) is 0.583. The normalized spacial score (nSPS) is 25.1. The first kappa shape index (κ1) is 10.9. The standard InChI is InChI=1S/C12H16ClNO/c1-7-3-9-5-10(6-15)12(13)14-11(9)4-8(7)2/h5,7-8,15H,3-4,6H2,1-2H3. The van der Waals surface area contributed by atoms with Crippen LogP contribution in [0.4, 0.5) is 0 Å². The molecule has 0 aromatic carbocycles. The van der Waals surface area contributed by atoms with Crippen LogP contribution in [0.1, 0.15) is 30.7 Å². The van der Waals surface area contributed by atoms with Crippen molar-refractivity contribution >= 4 is 11.6 Å². The molecule has 1 aliphatic carbocycles. The Hall–Kier alpha value is -0.600. The Morgan fingerprint density at radius 2 is 2.07 bits per heavy atom. The fourth-order valence-electron chi connectivity index (χ4n) is 2.13. The lowest BCUT2D eigenvalue weighted by atomic mass is 9.80. The molecule has 0 saturated carbocycles. The SMILES string of the molecule is CC1Cc2cc(CO)c(Cl)nc2CC1C. The molecule has 0 spiro atoms. The first-order chi connectivity index (χ1) is 7.11. The van der Waals surface area contributed by atoms with E-state index in [-0.39, 0.29) is 6.61 Å². The van der Waals surface area contributed by atoms with Crippen molar-refractivity contribution in [3.8, 4) is 0 Å². The number of fused-ring (bicyclic) bond motifs is 1. The summed E-state index contributed by atoms with van der Waals surface area (Å²) in [6, 6.07) is 2.01. The molecule has 0 bridgehead atoms. The molecule has 2 unspecified atom stereocenters. The minimum absolute atomic E-state index is 0.0248. The van der Waals surface area contributed by atoms with Gasteiger partial charge < -0.3 is 5.11 Å². The third-order valence-electron chi connectivity index (χ3n) is 3.42. The summed E-state index contributed by atoms with van der Waals surface area (Å²) in [7, 11) is 0. The van der Waals surface area contributed by atoms with Crippen LogP contribution < -0.4 is 0 Å². The number of aliphatic hydroxyl groups excluding tert-OH is 1. The Morgan fingerprint density at radius 1 is 1.40 bits per heavy atom. The van der Waals surface area contributed by atoms with Crippen LogP contribution >= 0.6 is 11.6 Å². The highest BCUT2D eigenvalue weighted by Crippen LogP contribution is 2.30. The largest absolute Gasteiger partial charge is 0.392 e. The van der Waals surface area contributed by atoms with Crippen molar-refractivity contribution in [3.63, 3.8) is 0 Å². The van der Waals surface area contributed by atoms with Gasteiger partial charge in [-0.3, -0.25) is 0 Å². The molecule has 0 amide bonds. The van der Waals surface area contributed by atoms with E-state index >= 15 is 0 Å². The molecular weight excluding hydrogens is 210 g/mol. The van der Waals surface area contributed by atoms with Gasteiger partial charge >= 0.3 is 0 Å². The number of aromatic nitrogens is 1. The first-order valence-electron chi connectivity index (χ1n) is 5.39. The van der Waals surface area contributed by atoms with Gasteiger partial charge in [-0.25, -0.2) is 4.98 Å². The van der Waals surface area contributed by atoms with E-state index in [9.17, 15) is 0 Å². The number of hydrogen-bond donors (Lipinski definition) is 1. The summed E-state index contributed by atoms with van der Waals surface area (Å²) in [4.78, 5) is 4.37. The molecule has 0 radical (unpaired) electrons. The second kappa shape index (κ2) is 4.11. The maximum Gasteiger partial charge on any atom is 0.134 e. The molecule has 82 valence electrons. The Bertz CT molecular complexity index is 378. The van der Waals surface area contributed by atoms with Crippen LogP contribution in [-0.4, -0.2) is 10.1 Å². The summed E-state index contributed by atoms with van der Waals surface area (Å²) < 4.78 is 0. The van der Waals surface area contributed by atoms with Crippen molar-refractivity contribution in [1.29, 1.82) is 0 Å². The van der Waals surface area contributed by atoms with Crippen LogP contribution in [0.2, 0.25) is 5.15 Å². The van der Waals surface area contributed by atoms with Crippen LogP contribution in [0.25, 0.3) is 0 Å². The molecule has 15 heavy (non-hydrogen) atoms. The molecule has 1 aromatic rings. The minimum atomic E-state index is -0.0248. The number of pyridine rings is 1. The van der Waals surface area contributed by atoms with Crippen molar-refractivity contribution in [2.24, 2.45) is 11.8 Å². The molecule has 1 aromatic heterocycles. The highest BCUT2D eigenvalue weighted by atomic mass is 35.5. The zero-order chi connectivity index (χ0) is 11.0. The van der Waals surface area contributed by atoms with Gasteiger partial charge in [-0.05, 0) is 36.3 Å². The lowest BCUT2D eigenvalue weighted by Crippen LogP contribution is -2.22.